The van der Waals surface area contributed by atoms with Crippen LogP contribution in [0.3, 0.4) is 0 Å². The monoisotopic (exact) mass is 334 g/mol. The van der Waals surface area contributed by atoms with Crippen LogP contribution in [0.2, 0.25) is 0 Å². The number of terminal acetylenes is 1. The molecule has 0 saturated heterocycles. The van der Waals surface area contributed by atoms with Crippen LogP contribution in [-0.2, 0) is 6.54 Å². The number of rotatable bonds is 3. The van der Waals surface area contributed by atoms with Gasteiger partial charge in [0.25, 0.3) is 5.82 Å². The van der Waals surface area contributed by atoms with Crippen molar-refractivity contribution < 1.29 is 26.3 Å². The van der Waals surface area contributed by atoms with Gasteiger partial charge in [0, 0.05) is 0 Å². The molecule has 0 unspecified atom stereocenters. The molecule has 1 heterocycles. The Kier molecular flexibility index (Phi) is 6.37. The van der Waals surface area contributed by atoms with Crippen molar-refractivity contribution >= 4 is 21.7 Å². The maximum Gasteiger partial charge on any atom is 0.276 e. The van der Waals surface area contributed by atoms with Gasteiger partial charge in [0.05, 0.1) is 17.1 Å². The predicted molar refractivity (Wildman–Crippen MR) is 58.8 cm³/mol. The van der Waals surface area contributed by atoms with Gasteiger partial charge in [0.2, 0.25) is 0 Å². The lowest BCUT2D eigenvalue weighted by molar-refractivity contribution is -0.670. The summed E-state index contributed by atoms with van der Waals surface area (Å²) in [7, 11) is 0. The SMILES string of the molecule is C#CC[n+]1cc(Br)c(OCC)cc1N.[Br-]. The number of aromatic nitrogens is 1. The fourth-order valence-corrected chi connectivity index (χ4v) is 1.54. The van der Waals surface area contributed by atoms with Gasteiger partial charge in [-0.2, -0.15) is 0 Å². The van der Waals surface area contributed by atoms with Crippen LogP contribution in [0.1, 0.15) is 6.92 Å². The molecular formula is C10H12Br2N2O. The standard InChI is InChI=1S/C10H11BrN2O.BrH/c1-3-5-13-7-8(11)9(14-4-2)6-10(13)12;/h1,6-7,12H,4-5H2,2H3;1H. The van der Waals surface area contributed by atoms with E-state index in [4.69, 9.17) is 16.9 Å². The predicted octanol–water partition coefficient (Wildman–Crippen LogP) is -1.65. The van der Waals surface area contributed by atoms with Gasteiger partial charge in [0.15, 0.2) is 6.54 Å². The van der Waals surface area contributed by atoms with Crippen molar-refractivity contribution in [2.75, 3.05) is 12.3 Å². The number of anilines is 1. The summed E-state index contributed by atoms with van der Waals surface area (Å²) in [6, 6.07) is 1.75. The highest BCUT2D eigenvalue weighted by atomic mass is 79.9. The molecule has 1 aromatic rings. The van der Waals surface area contributed by atoms with E-state index in [2.05, 4.69) is 21.9 Å². The van der Waals surface area contributed by atoms with E-state index in [1.165, 1.54) is 0 Å². The topological polar surface area (TPSA) is 39.1 Å². The smallest absolute Gasteiger partial charge is 0.276 e. The van der Waals surface area contributed by atoms with E-state index in [0.717, 1.165) is 10.2 Å². The first-order valence-electron chi connectivity index (χ1n) is 4.23. The summed E-state index contributed by atoms with van der Waals surface area (Å²) >= 11 is 3.38. The van der Waals surface area contributed by atoms with Gasteiger partial charge < -0.3 is 21.7 Å². The summed E-state index contributed by atoms with van der Waals surface area (Å²) in [5.41, 5.74) is 5.77. The highest BCUT2D eigenvalue weighted by Crippen LogP contribution is 2.24. The molecule has 0 bridgehead atoms. The molecule has 0 amide bonds. The minimum absolute atomic E-state index is 0. The molecule has 0 aliphatic rings. The number of pyridine rings is 1. The maximum absolute atomic E-state index is 5.77. The van der Waals surface area contributed by atoms with Crippen LogP contribution in [0.5, 0.6) is 5.75 Å². The van der Waals surface area contributed by atoms with Gasteiger partial charge in [-0.05, 0) is 22.9 Å². The van der Waals surface area contributed by atoms with E-state index in [0.29, 0.717) is 19.0 Å². The lowest BCUT2D eigenvalue weighted by Gasteiger charge is -2.06. The Bertz CT molecular complexity index is 374. The Hall–Kier alpha value is -0.730. The maximum atomic E-state index is 5.77. The number of nitrogen functional groups attached to an aromatic ring is 1. The van der Waals surface area contributed by atoms with E-state index >= 15 is 0 Å². The van der Waals surface area contributed by atoms with Crippen LogP contribution in [-0.4, -0.2) is 6.61 Å². The van der Waals surface area contributed by atoms with Crippen LogP contribution in [0, 0.1) is 12.3 Å². The van der Waals surface area contributed by atoms with Gasteiger partial charge in [-0.15, -0.1) is 6.42 Å². The molecule has 0 fully saturated rings. The van der Waals surface area contributed by atoms with Crippen LogP contribution in [0.15, 0.2) is 16.7 Å². The number of halogens is 2. The molecule has 1 rings (SSSR count). The quantitative estimate of drug-likeness (QED) is 0.531. The summed E-state index contributed by atoms with van der Waals surface area (Å²) in [4.78, 5) is 0. The summed E-state index contributed by atoms with van der Waals surface area (Å²) in [5.74, 6) is 3.85. The van der Waals surface area contributed by atoms with Gasteiger partial charge in [0.1, 0.15) is 11.9 Å². The molecule has 0 radical (unpaired) electrons. The minimum atomic E-state index is 0. The first-order valence-corrected chi connectivity index (χ1v) is 5.03. The number of nitrogens with two attached hydrogens (primary N) is 1. The van der Waals surface area contributed by atoms with Gasteiger partial charge in [-0.3, -0.25) is 5.73 Å². The zero-order valence-corrected chi connectivity index (χ0v) is 11.5. The molecule has 15 heavy (non-hydrogen) atoms. The summed E-state index contributed by atoms with van der Waals surface area (Å²) in [5, 5.41) is 0. The Balaban J connectivity index is 0.00000196. The number of hydrogen-bond donors (Lipinski definition) is 1. The fraction of sp³-hybridized carbons (Fsp3) is 0.300. The third kappa shape index (κ3) is 3.73. The Morgan fingerprint density at radius 1 is 1.67 bits per heavy atom. The Morgan fingerprint density at radius 3 is 2.87 bits per heavy atom. The fourth-order valence-electron chi connectivity index (χ4n) is 1.06. The molecule has 2 N–H and O–H groups in total. The van der Waals surface area contributed by atoms with Crippen molar-refractivity contribution in [1.82, 2.24) is 0 Å². The molecule has 0 aliphatic heterocycles. The molecule has 0 saturated carbocycles. The largest absolute Gasteiger partial charge is 1.00 e. The zero-order chi connectivity index (χ0) is 10.6. The second-order valence-electron chi connectivity index (χ2n) is 2.68. The summed E-state index contributed by atoms with van der Waals surface area (Å²) in [6.45, 7) is 2.99. The molecule has 5 heteroatoms. The second-order valence-corrected chi connectivity index (χ2v) is 3.53. The van der Waals surface area contributed by atoms with E-state index < -0.39 is 0 Å². The van der Waals surface area contributed by atoms with Gasteiger partial charge in [-0.25, -0.2) is 4.57 Å². The Labute approximate surface area is 109 Å². The average molecular weight is 336 g/mol. The molecule has 0 spiro atoms. The van der Waals surface area contributed by atoms with E-state index in [1.807, 2.05) is 13.1 Å². The normalized spacial score (nSPS) is 8.87. The van der Waals surface area contributed by atoms with Gasteiger partial charge >= 0.3 is 0 Å². The number of ether oxygens (including phenoxy) is 1. The number of nitrogens with zero attached hydrogens (tertiary/aromatic N) is 1. The average Bonchev–Trinajstić information content (AvgIpc) is 2.14. The van der Waals surface area contributed by atoms with Crippen LogP contribution in [0.4, 0.5) is 5.82 Å². The van der Waals surface area contributed by atoms with Crippen LogP contribution in [0.25, 0.3) is 0 Å². The highest BCUT2D eigenvalue weighted by molar-refractivity contribution is 9.10. The zero-order valence-electron chi connectivity index (χ0n) is 8.34. The van der Waals surface area contributed by atoms with E-state index in [1.54, 1.807) is 10.6 Å². The summed E-state index contributed by atoms with van der Waals surface area (Å²) < 4.78 is 7.98. The van der Waals surface area contributed by atoms with Crippen LogP contribution < -0.4 is 32.0 Å². The molecule has 0 aliphatic carbocycles. The molecular weight excluding hydrogens is 324 g/mol. The first kappa shape index (κ1) is 14.3. The van der Waals surface area contributed by atoms with E-state index in [-0.39, 0.29) is 17.0 Å². The van der Waals surface area contributed by atoms with Crippen molar-refractivity contribution in [2.45, 2.75) is 13.5 Å². The molecule has 3 nitrogen and oxygen atoms in total. The lowest BCUT2D eigenvalue weighted by Crippen LogP contribution is -3.00. The Morgan fingerprint density at radius 2 is 2.33 bits per heavy atom. The van der Waals surface area contributed by atoms with Crippen molar-refractivity contribution in [3.05, 3.63) is 16.7 Å². The highest BCUT2D eigenvalue weighted by Gasteiger charge is 2.10. The minimum Gasteiger partial charge on any atom is -1.00 e. The second kappa shape index (κ2) is 6.70. The molecule has 0 aromatic carbocycles. The third-order valence-corrected chi connectivity index (χ3v) is 2.27. The third-order valence-electron chi connectivity index (χ3n) is 1.68. The first-order chi connectivity index (χ1) is 6.69. The molecule has 1 aromatic heterocycles. The molecule has 0 atom stereocenters. The number of hydrogen-bond acceptors (Lipinski definition) is 2. The van der Waals surface area contributed by atoms with Crippen molar-refractivity contribution in [3.8, 4) is 18.1 Å². The van der Waals surface area contributed by atoms with E-state index in [9.17, 15) is 0 Å². The lowest BCUT2D eigenvalue weighted by atomic mass is 10.4. The van der Waals surface area contributed by atoms with Crippen molar-refractivity contribution in [3.63, 3.8) is 0 Å². The molecule has 82 valence electrons. The van der Waals surface area contributed by atoms with Gasteiger partial charge in [-0.1, -0.05) is 5.92 Å². The summed E-state index contributed by atoms with van der Waals surface area (Å²) in [6.07, 6.45) is 7.02. The van der Waals surface area contributed by atoms with Crippen LogP contribution >= 0.6 is 15.9 Å². The van der Waals surface area contributed by atoms with Crippen molar-refractivity contribution in [1.29, 1.82) is 0 Å². The van der Waals surface area contributed by atoms with Crippen molar-refractivity contribution in [2.24, 2.45) is 0 Å².